The fourth-order valence-electron chi connectivity index (χ4n) is 6.11. The summed E-state index contributed by atoms with van der Waals surface area (Å²) in [7, 11) is 0. The fraction of sp³-hybridized carbons (Fsp3) is 0.605. The van der Waals surface area contributed by atoms with Gasteiger partial charge < -0.3 is 61.6 Å². The highest BCUT2D eigenvalue weighted by Gasteiger charge is 2.55. The summed E-state index contributed by atoms with van der Waals surface area (Å²) >= 11 is 0. The Morgan fingerprint density at radius 3 is 1.28 bits per heavy atom. The van der Waals surface area contributed by atoms with Gasteiger partial charge in [0.1, 0.15) is 18.8 Å². The minimum Gasteiger partial charge on any atom is -0.463 e. The Kier molecular flexibility index (Phi) is 18.3. The summed E-state index contributed by atoms with van der Waals surface area (Å²) in [6.07, 6.45) is -15.5. The van der Waals surface area contributed by atoms with Crippen LogP contribution in [0.15, 0.2) is 18.2 Å². The second kappa shape index (κ2) is 22.6. The Morgan fingerprint density at radius 1 is 0.450 bits per heavy atom. The average molecular weight is 857 g/mol. The molecule has 10 atom stereocenters. The second-order valence-corrected chi connectivity index (χ2v) is 13.3. The number of esters is 9. The third-order valence-corrected chi connectivity index (χ3v) is 8.06. The standard InChI is InChI=1S/C38H48O22/c1-17(39)49-15-29-31(53-20(4)42)34(56-23(7)45)36(58-25(9)47)38(60-29)50-16-30-32(54-21(5)43)33(55-22(6)44)35(57-24(8)46)37(59-30)48-13-12-26-10-11-27(51-18(2)40)28(14-26)52-19(3)41/h10-11,14,29-38H,12-13,15-16H2,1-9H3/t29-,30-,31-,32-,33+,34+,35-,36-,37-,38-/m1/s1. The molecule has 2 aliphatic rings. The predicted octanol–water partition coefficient (Wildman–Crippen LogP) is 0.716. The highest BCUT2D eigenvalue weighted by atomic mass is 16.8. The van der Waals surface area contributed by atoms with E-state index in [1.807, 2.05) is 0 Å². The van der Waals surface area contributed by atoms with Gasteiger partial charge in [0.05, 0.1) is 13.2 Å². The van der Waals surface area contributed by atoms with Crippen molar-refractivity contribution in [1.29, 1.82) is 0 Å². The molecule has 22 heteroatoms. The molecule has 2 fully saturated rings. The van der Waals surface area contributed by atoms with Crippen LogP contribution in [-0.4, -0.2) is 135 Å². The number of ether oxygens (including phenoxy) is 13. The highest BCUT2D eigenvalue weighted by molar-refractivity contribution is 5.74. The fourth-order valence-corrected chi connectivity index (χ4v) is 6.11. The van der Waals surface area contributed by atoms with Crippen LogP contribution >= 0.6 is 0 Å². The smallest absolute Gasteiger partial charge is 0.308 e. The maximum atomic E-state index is 12.5. The Morgan fingerprint density at radius 2 is 0.850 bits per heavy atom. The molecule has 0 amide bonds. The molecular weight excluding hydrogens is 808 g/mol. The van der Waals surface area contributed by atoms with E-state index in [-0.39, 0.29) is 24.5 Å². The van der Waals surface area contributed by atoms with Crippen LogP contribution in [0.2, 0.25) is 0 Å². The molecule has 0 unspecified atom stereocenters. The molecule has 22 nitrogen and oxygen atoms in total. The van der Waals surface area contributed by atoms with E-state index in [0.717, 1.165) is 55.4 Å². The van der Waals surface area contributed by atoms with Crippen LogP contribution in [-0.2, 0) is 102 Å². The van der Waals surface area contributed by atoms with E-state index >= 15 is 0 Å². The van der Waals surface area contributed by atoms with Crippen LogP contribution < -0.4 is 9.47 Å². The molecule has 60 heavy (non-hydrogen) atoms. The number of benzene rings is 1. The van der Waals surface area contributed by atoms with Gasteiger partial charge >= 0.3 is 53.7 Å². The molecule has 0 radical (unpaired) electrons. The van der Waals surface area contributed by atoms with Crippen LogP contribution in [0, 0.1) is 0 Å². The maximum Gasteiger partial charge on any atom is 0.308 e. The quantitative estimate of drug-likeness (QED) is 0.119. The van der Waals surface area contributed by atoms with Gasteiger partial charge in [0.2, 0.25) is 0 Å². The van der Waals surface area contributed by atoms with Gasteiger partial charge in [-0.05, 0) is 24.1 Å². The van der Waals surface area contributed by atoms with Gasteiger partial charge in [0, 0.05) is 62.3 Å². The number of carbonyl (C=O) groups is 9. The van der Waals surface area contributed by atoms with Crippen molar-refractivity contribution >= 4 is 53.7 Å². The van der Waals surface area contributed by atoms with Gasteiger partial charge in [0.25, 0.3) is 0 Å². The van der Waals surface area contributed by atoms with E-state index in [1.54, 1.807) is 6.07 Å². The maximum absolute atomic E-state index is 12.5. The Hall–Kier alpha value is -5.71. The Balaban J connectivity index is 2.02. The summed E-state index contributed by atoms with van der Waals surface area (Å²) in [5.74, 6) is -7.48. The molecule has 0 aliphatic carbocycles. The number of hydrogen-bond acceptors (Lipinski definition) is 22. The van der Waals surface area contributed by atoms with Crippen molar-refractivity contribution in [2.24, 2.45) is 0 Å². The number of carbonyl (C=O) groups excluding carboxylic acids is 9. The molecule has 0 bridgehead atoms. The molecule has 0 saturated carbocycles. The van der Waals surface area contributed by atoms with Gasteiger partial charge in [-0.1, -0.05) is 6.07 Å². The van der Waals surface area contributed by atoms with Crippen molar-refractivity contribution in [2.75, 3.05) is 19.8 Å². The Bertz CT molecular complexity index is 1760. The zero-order valence-corrected chi connectivity index (χ0v) is 34.3. The first-order valence-corrected chi connectivity index (χ1v) is 18.4. The lowest BCUT2D eigenvalue weighted by Gasteiger charge is -2.46. The van der Waals surface area contributed by atoms with Gasteiger partial charge in [-0.15, -0.1) is 0 Å². The molecule has 332 valence electrons. The minimum atomic E-state index is -1.70. The second-order valence-electron chi connectivity index (χ2n) is 13.3. The van der Waals surface area contributed by atoms with Crippen molar-refractivity contribution in [3.63, 3.8) is 0 Å². The van der Waals surface area contributed by atoms with E-state index in [4.69, 9.17) is 61.6 Å². The highest BCUT2D eigenvalue weighted by Crippen LogP contribution is 2.34. The van der Waals surface area contributed by atoms with Crippen LogP contribution in [0.3, 0.4) is 0 Å². The monoisotopic (exact) mass is 856 g/mol. The zero-order valence-electron chi connectivity index (χ0n) is 34.3. The first kappa shape index (κ1) is 48.7. The molecule has 2 heterocycles. The third-order valence-electron chi connectivity index (χ3n) is 8.06. The summed E-state index contributed by atoms with van der Waals surface area (Å²) in [5, 5.41) is 0. The van der Waals surface area contributed by atoms with Crippen LogP contribution in [0.5, 0.6) is 11.5 Å². The predicted molar refractivity (Wildman–Crippen MR) is 192 cm³/mol. The van der Waals surface area contributed by atoms with Gasteiger partial charge in [0.15, 0.2) is 60.7 Å². The van der Waals surface area contributed by atoms with Crippen molar-refractivity contribution < 1.29 is 105 Å². The van der Waals surface area contributed by atoms with Gasteiger partial charge in [-0.25, -0.2) is 0 Å². The average Bonchev–Trinajstić information content (AvgIpc) is 3.10. The lowest BCUT2D eigenvalue weighted by Crippen LogP contribution is -2.65. The zero-order chi connectivity index (χ0) is 44.8. The van der Waals surface area contributed by atoms with E-state index in [2.05, 4.69) is 0 Å². The summed E-state index contributed by atoms with van der Waals surface area (Å²) in [4.78, 5) is 109. The summed E-state index contributed by atoms with van der Waals surface area (Å²) < 4.78 is 72.5. The van der Waals surface area contributed by atoms with E-state index in [0.29, 0.717) is 5.56 Å². The first-order chi connectivity index (χ1) is 28.1. The van der Waals surface area contributed by atoms with Gasteiger partial charge in [-0.2, -0.15) is 0 Å². The lowest BCUT2D eigenvalue weighted by molar-refractivity contribution is -0.334. The van der Waals surface area contributed by atoms with Crippen molar-refractivity contribution in [3.05, 3.63) is 23.8 Å². The number of hydrogen-bond donors (Lipinski definition) is 0. The van der Waals surface area contributed by atoms with Crippen molar-refractivity contribution in [2.45, 2.75) is 130 Å². The summed E-state index contributed by atoms with van der Waals surface area (Å²) in [5.41, 5.74) is 0.514. The Labute approximate surface area is 343 Å². The summed E-state index contributed by atoms with van der Waals surface area (Å²) in [6.45, 7) is 8.26. The molecule has 0 N–H and O–H groups in total. The minimum absolute atomic E-state index is 0.0202. The molecule has 0 spiro atoms. The van der Waals surface area contributed by atoms with E-state index in [9.17, 15) is 43.2 Å². The van der Waals surface area contributed by atoms with Crippen LogP contribution in [0.25, 0.3) is 0 Å². The molecule has 1 aromatic carbocycles. The SMILES string of the molecule is CC(=O)OC[C@H]1O[C@@H](OC[C@H]2O[C@@H](OCCc3ccc(OC(C)=O)c(OC(C)=O)c3)[C@H](OC(C)=O)[C@@H](OC(C)=O)[C@@H]2OC(C)=O)[C@H](OC(C)=O)[C@@H](OC(C)=O)[C@@H]1OC(C)=O. The third kappa shape index (κ3) is 15.1. The normalized spacial score (nSPS) is 25.9. The first-order valence-electron chi connectivity index (χ1n) is 18.4. The molecule has 0 aromatic heterocycles. The largest absolute Gasteiger partial charge is 0.463 e. The topological polar surface area (TPSA) is 274 Å². The molecular formula is C38H48O22. The van der Waals surface area contributed by atoms with Crippen molar-refractivity contribution in [3.8, 4) is 11.5 Å². The van der Waals surface area contributed by atoms with E-state index < -0.39 is 128 Å². The van der Waals surface area contributed by atoms with E-state index in [1.165, 1.54) is 19.1 Å². The number of rotatable bonds is 17. The molecule has 3 rings (SSSR count). The summed E-state index contributed by atoms with van der Waals surface area (Å²) in [6, 6.07) is 4.38. The molecule has 1 aromatic rings. The molecule has 2 saturated heterocycles. The molecule has 2 aliphatic heterocycles. The van der Waals surface area contributed by atoms with Crippen molar-refractivity contribution in [1.82, 2.24) is 0 Å². The van der Waals surface area contributed by atoms with Crippen LogP contribution in [0.1, 0.15) is 67.9 Å². The van der Waals surface area contributed by atoms with Gasteiger partial charge in [-0.3, -0.25) is 43.2 Å². The lowest BCUT2D eigenvalue weighted by atomic mass is 9.97. The van der Waals surface area contributed by atoms with Crippen LogP contribution in [0.4, 0.5) is 0 Å².